The Labute approximate surface area is 241 Å². The highest BCUT2D eigenvalue weighted by atomic mass is 16.5. The van der Waals surface area contributed by atoms with Gasteiger partial charge in [-0.3, -0.25) is 0 Å². The summed E-state index contributed by atoms with van der Waals surface area (Å²) in [5.74, 6) is 1.56. The molecule has 0 saturated carbocycles. The van der Waals surface area contributed by atoms with Crippen molar-refractivity contribution < 1.29 is 28.5 Å². The van der Waals surface area contributed by atoms with Crippen LogP contribution in [0.25, 0.3) is 0 Å². The van der Waals surface area contributed by atoms with Gasteiger partial charge in [-0.1, -0.05) is 45.2 Å². The lowest BCUT2D eigenvalue weighted by molar-refractivity contribution is 0.0734. The number of unbranched alkanes of at least 4 members (excludes halogenated alkanes) is 3. The predicted molar refractivity (Wildman–Crippen MR) is 156 cm³/mol. The molecule has 1 atom stereocenters. The first-order chi connectivity index (χ1) is 20.0. The van der Waals surface area contributed by atoms with E-state index in [1.807, 2.05) is 25.1 Å². The molecule has 4 rings (SSSR count). The van der Waals surface area contributed by atoms with Crippen LogP contribution >= 0.6 is 0 Å². The third-order valence-corrected chi connectivity index (χ3v) is 6.74. The highest BCUT2D eigenvalue weighted by molar-refractivity contribution is 5.91. The number of esters is 1. The van der Waals surface area contributed by atoms with E-state index in [-0.39, 0.29) is 17.2 Å². The highest BCUT2D eigenvalue weighted by Gasteiger charge is 2.32. The molecule has 8 heteroatoms. The van der Waals surface area contributed by atoms with Crippen molar-refractivity contribution in [1.29, 1.82) is 5.26 Å². The molecule has 1 heterocycles. The third kappa shape index (κ3) is 7.12. The topological polar surface area (TPSA) is 113 Å². The minimum absolute atomic E-state index is 0.00800. The van der Waals surface area contributed by atoms with E-state index in [1.54, 1.807) is 49.6 Å². The van der Waals surface area contributed by atoms with Gasteiger partial charge in [0.1, 0.15) is 28.9 Å². The predicted octanol–water partition coefficient (Wildman–Crippen LogP) is 6.88. The SMILES string of the molecule is CCCCCCOc1ccc(C2C(C#N)=C(N)Oc3cc(OC(=O)c4ccc(OCCC)cc4)ccc32)cc1OC. The zero-order valence-electron chi connectivity index (χ0n) is 23.8. The van der Waals surface area contributed by atoms with Gasteiger partial charge in [-0.2, -0.15) is 5.26 Å². The van der Waals surface area contributed by atoms with Crippen LogP contribution in [0.1, 0.15) is 73.4 Å². The summed E-state index contributed by atoms with van der Waals surface area (Å²) in [5.41, 5.74) is 8.36. The quantitative estimate of drug-likeness (QED) is 0.138. The summed E-state index contributed by atoms with van der Waals surface area (Å²) in [5, 5.41) is 9.95. The molecule has 0 aromatic heterocycles. The van der Waals surface area contributed by atoms with Crippen molar-refractivity contribution in [2.24, 2.45) is 5.73 Å². The van der Waals surface area contributed by atoms with Crippen molar-refractivity contribution in [3.63, 3.8) is 0 Å². The number of rotatable bonds is 13. The number of nitriles is 1. The summed E-state index contributed by atoms with van der Waals surface area (Å²) in [7, 11) is 1.59. The van der Waals surface area contributed by atoms with Crippen LogP contribution in [0, 0.1) is 11.3 Å². The van der Waals surface area contributed by atoms with Gasteiger partial charge in [0.2, 0.25) is 5.88 Å². The van der Waals surface area contributed by atoms with Crippen LogP contribution in [-0.2, 0) is 0 Å². The third-order valence-electron chi connectivity index (χ3n) is 6.74. The van der Waals surface area contributed by atoms with E-state index in [0.717, 1.165) is 31.2 Å². The molecule has 0 fully saturated rings. The molecule has 8 nitrogen and oxygen atoms in total. The van der Waals surface area contributed by atoms with Gasteiger partial charge in [-0.05, 0) is 60.9 Å². The van der Waals surface area contributed by atoms with Crippen LogP contribution in [0.4, 0.5) is 0 Å². The Morgan fingerprint density at radius 3 is 2.39 bits per heavy atom. The number of nitrogens with two attached hydrogens (primary N) is 1. The number of carbonyl (C=O) groups is 1. The van der Waals surface area contributed by atoms with Crippen molar-refractivity contribution in [3.8, 4) is 34.8 Å². The molecule has 0 spiro atoms. The molecule has 214 valence electrons. The first-order valence-corrected chi connectivity index (χ1v) is 14.0. The number of nitrogens with zero attached hydrogens (tertiary/aromatic N) is 1. The van der Waals surface area contributed by atoms with Crippen LogP contribution in [-0.4, -0.2) is 26.3 Å². The normalized spacial score (nSPS) is 14.0. The van der Waals surface area contributed by atoms with Crippen molar-refractivity contribution in [2.45, 2.75) is 51.9 Å². The van der Waals surface area contributed by atoms with Gasteiger partial charge in [-0.15, -0.1) is 0 Å². The Bertz CT molecular complexity index is 1420. The van der Waals surface area contributed by atoms with E-state index in [9.17, 15) is 10.1 Å². The average Bonchev–Trinajstić information content (AvgIpc) is 2.99. The maximum absolute atomic E-state index is 12.8. The Kier molecular flexibility index (Phi) is 10.1. The van der Waals surface area contributed by atoms with Crippen LogP contribution in [0.5, 0.6) is 28.7 Å². The Hall–Kier alpha value is -4.64. The zero-order valence-corrected chi connectivity index (χ0v) is 23.8. The Morgan fingerprint density at radius 2 is 1.68 bits per heavy atom. The van der Waals surface area contributed by atoms with E-state index < -0.39 is 11.9 Å². The first-order valence-electron chi connectivity index (χ1n) is 14.0. The molecule has 41 heavy (non-hydrogen) atoms. The molecule has 1 aliphatic heterocycles. The van der Waals surface area contributed by atoms with Gasteiger partial charge in [0.25, 0.3) is 0 Å². The Morgan fingerprint density at radius 1 is 0.902 bits per heavy atom. The summed E-state index contributed by atoms with van der Waals surface area (Å²) in [6.07, 6.45) is 5.32. The molecule has 1 aliphatic rings. The number of methoxy groups -OCH3 is 1. The van der Waals surface area contributed by atoms with Gasteiger partial charge >= 0.3 is 5.97 Å². The standard InChI is InChI=1S/C33H36N2O6/c1-4-6-7-8-18-39-28-16-11-23(19-30(28)37-3)31-26-15-14-25(20-29(26)41-32(35)27(31)21-34)40-33(36)22-9-12-24(13-10-22)38-17-5-2/h9-16,19-20,31H,4-8,17-18,35H2,1-3H3. The van der Waals surface area contributed by atoms with E-state index in [1.165, 1.54) is 6.42 Å². The second-order valence-corrected chi connectivity index (χ2v) is 9.71. The summed E-state index contributed by atoms with van der Waals surface area (Å²) in [6.45, 7) is 5.41. The smallest absolute Gasteiger partial charge is 0.343 e. The molecular weight excluding hydrogens is 520 g/mol. The number of benzene rings is 3. The molecule has 2 N–H and O–H groups in total. The lowest BCUT2D eigenvalue weighted by atomic mass is 9.83. The molecule has 1 unspecified atom stereocenters. The zero-order chi connectivity index (χ0) is 29.2. The lowest BCUT2D eigenvalue weighted by Gasteiger charge is -2.27. The van der Waals surface area contributed by atoms with Crippen LogP contribution in [0.2, 0.25) is 0 Å². The molecular formula is C33H36N2O6. The molecule has 0 radical (unpaired) electrons. The molecule has 0 amide bonds. The van der Waals surface area contributed by atoms with E-state index in [2.05, 4.69) is 13.0 Å². The Balaban J connectivity index is 1.55. The van der Waals surface area contributed by atoms with Crippen LogP contribution in [0.15, 0.2) is 72.1 Å². The number of allylic oxidation sites excluding steroid dienone is 1. The highest BCUT2D eigenvalue weighted by Crippen LogP contribution is 2.45. The van der Waals surface area contributed by atoms with Crippen molar-refractivity contribution in [1.82, 2.24) is 0 Å². The van der Waals surface area contributed by atoms with Crippen LogP contribution in [0.3, 0.4) is 0 Å². The first kappa shape index (κ1) is 29.3. The minimum Gasteiger partial charge on any atom is -0.494 e. The summed E-state index contributed by atoms with van der Waals surface area (Å²) >= 11 is 0. The fourth-order valence-electron chi connectivity index (χ4n) is 4.61. The molecule has 0 aliphatic carbocycles. The van der Waals surface area contributed by atoms with Gasteiger partial charge in [0, 0.05) is 11.6 Å². The lowest BCUT2D eigenvalue weighted by Crippen LogP contribution is -2.21. The summed E-state index contributed by atoms with van der Waals surface area (Å²) < 4.78 is 28.6. The van der Waals surface area contributed by atoms with Gasteiger partial charge < -0.3 is 29.4 Å². The van der Waals surface area contributed by atoms with Crippen LogP contribution < -0.4 is 29.4 Å². The van der Waals surface area contributed by atoms with Gasteiger partial charge in [0.05, 0.1) is 31.8 Å². The van der Waals surface area contributed by atoms with E-state index in [4.69, 9.17) is 29.4 Å². The van der Waals surface area contributed by atoms with Crippen molar-refractivity contribution >= 4 is 5.97 Å². The second-order valence-electron chi connectivity index (χ2n) is 9.71. The number of ether oxygens (including phenoxy) is 5. The minimum atomic E-state index is -0.518. The number of fused-ring (bicyclic) bond motifs is 1. The largest absolute Gasteiger partial charge is 0.494 e. The van der Waals surface area contributed by atoms with E-state index in [0.29, 0.717) is 47.3 Å². The maximum atomic E-state index is 12.8. The van der Waals surface area contributed by atoms with Crippen molar-refractivity contribution in [2.75, 3.05) is 20.3 Å². The number of hydrogen-bond acceptors (Lipinski definition) is 8. The van der Waals surface area contributed by atoms with Gasteiger partial charge in [0.15, 0.2) is 11.5 Å². The van der Waals surface area contributed by atoms with E-state index >= 15 is 0 Å². The maximum Gasteiger partial charge on any atom is 0.343 e. The molecule has 3 aromatic carbocycles. The monoisotopic (exact) mass is 556 g/mol. The second kappa shape index (κ2) is 14.1. The average molecular weight is 557 g/mol. The molecule has 0 saturated heterocycles. The van der Waals surface area contributed by atoms with Gasteiger partial charge in [-0.25, -0.2) is 4.79 Å². The number of carbonyl (C=O) groups excluding carboxylic acids is 1. The fraction of sp³-hybridized carbons (Fsp3) is 0.333. The molecule has 0 bridgehead atoms. The van der Waals surface area contributed by atoms with Crippen molar-refractivity contribution in [3.05, 3.63) is 88.8 Å². The summed E-state index contributed by atoms with van der Waals surface area (Å²) in [4.78, 5) is 12.8. The molecule has 3 aromatic rings. The summed E-state index contributed by atoms with van der Waals surface area (Å²) in [6, 6.07) is 19.6. The fourth-order valence-corrected chi connectivity index (χ4v) is 4.61. The number of hydrogen-bond donors (Lipinski definition) is 1.